The summed E-state index contributed by atoms with van der Waals surface area (Å²) in [5.74, 6) is 3.82. The molecule has 43 heavy (non-hydrogen) atoms. The van der Waals surface area contributed by atoms with Gasteiger partial charge in [-0.15, -0.1) is 12.3 Å². The van der Waals surface area contributed by atoms with Crippen molar-refractivity contribution in [3.8, 4) is 12.3 Å². The van der Waals surface area contributed by atoms with Gasteiger partial charge >= 0.3 is 0 Å². The lowest BCUT2D eigenvalue weighted by Gasteiger charge is -2.39. The van der Waals surface area contributed by atoms with Crippen LogP contribution in [-0.4, -0.2) is 79.4 Å². The average Bonchev–Trinajstić information content (AvgIpc) is 2.97. The minimum atomic E-state index is -0.0595. The number of hydrogen-bond donors (Lipinski definition) is 0. The summed E-state index contributed by atoms with van der Waals surface area (Å²) in [4.78, 5) is 22.0. The Hall–Kier alpha value is -3.13. The van der Waals surface area contributed by atoms with E-state index in [9.17, 15) is 4.79 Å². The molecule has 238 valence electrons. The molecule has 1 saturated carbocycles. The maximum absolute atomic E-state index is 13.7. The lowest BCUT2D eigenvalue weighted by Crippen LogP contribution is -2.47. The third-order valence-electron chi connectivity index (χ3n) is 9.02. The van der Waals surface area contributed by atoms with Crippen LogP contribution in [-0.2, 0) is 11.2 Å². The van der Waals surface area contributed by atoms with E-state index in [2.05, 4.69) is 87.5 Å². The highest BCUT2D eigenvalue weighted by Gasteiger charge is 2.30. The van der Waals surface area contributed by atoms with Crippen molar-refractivity contribution in [1.82, 2.24) is 19.6 Å². The maximum Gasteiger partial charge on any atom is 0.242 e. The van der Waals surface area contributed by atoms with Gasteiger partial charge in [-0.2, -0.15) is 0 Å². The highest BCUT2D eigenvalue weighted by atomic mass is 16.2. The van der Waals surface area contributed by atoms with Crippen molar-refractivity contribution in [2.24, 2.45) is 17.3 Å². The summed E-state index contributed by atoms with van der Waals surface area (Å²) in [6.07, 6.45) is 16.0. The monoisotopic (exact) mass is 588 g/mol. The summed E-state index contributed by atoms with van der Waals surface area (Å²) in [5.41, 5.74) is 4.39. The maximum atomic E-state index is 13.7. The molecule has 0 aromatic heterocycles. The molecular weight excluding hydrogens is 528 g/mol. The first-order valence-electron chi connectivity index (χ1n) is 16.1. The molecule has 0 heterocycles. The Balaban J connectivity index is 2.02. The van der Waals surface area contributed by atoms with Crippen molar-refractivity contribution >= 4 is 5.91 Å². The predicted octanol–water partition coefficient (Wildman–Crippen LogP) is 7.44. The zero-order valence-electron chi connectivity index (χ0n) is 28.5. The second kappa shape index (κ2) is 17.2. The number of carbonyl (C=O) groups is 1. The number of allylic oxidation sites excluding steroid dienone is 1. The Bertz CT molecular complexity index is 1090. The van der Waals surface area contributed by atoms with Crippen molar-refractivity contribution in [3.63, 3.8) is 0 Å². The van der Waals surface area contributed by atoms with Crippen LogP contribution in [0.1, 0.15) is 77.7 Å². The third-order valence-corrected chi connectivity index (χ3v) is 9.02. The van der Waals surface area contributed by atoms with Crippen LogP contribution >= 0.6 is 0 Å². The Labute approximate surface area is 264 Å². The molecule has 1 aromatic rings. The molecular formula is C38H60N4O. The van der Waals surface area contributed by atoms with Crippen LogP contribution in [0.3, 0.4) is 0 Å². The molecule has 1 fully saturated rings. The summed E-state index contributed by atoms with van der Waals surface area (Å²) >= 11 is 0. The van der Waals surface area contributed by atoms with Crippen LogP contribution in [0.15, 0.2) is 67.2 Å². The van der Waals surface area contributed by atoms with Gasteiger partial charge in [-0.25, -0.2) is 0 Å². The molecule has 2 rings (SSSR count). The molecule has 5 heteroatoms. The van der Waals surface area contributed by atoms with Gasteiger partial charge in [0, 0.05) is 57.7 Å². The number of rotatable bonds is 17. The molecule has 0 saturated heterocycles. The zero-order chi connectivity index (χ0) is 32.2. The Morgan fingerprint density at radius 1 is 0.930 bits per heavy atom. The van der Waals surface area contributed by atoms with Gasteiger partial charge in [-0.05, 0) is 42.6 Å². The van der Waals surface area contributed by atoms with Crippen molar-refractivity contribution in [1.29, 1.82) is 0 Å². The van der Waals surface area contributed by atoms with Crippen molar-refractivity contribution in [2.45, 2.75) is 84.6 Å². The number of carbonyl (C=O) groups excluding carboxylic acids is 1. The van der Waals surface area contributed by atoms with Gasteiger partial charge in [0.2, 0.25) is 5.91 Å². The Kier molecular flexibility index (Phi) is 14.5. The fraction of sp³-hybridized carbons (Fsp3) is 0.605. The minimum Gasteiger partial charge on any atom is -0.375 e. The average molecular weight is 589 g/mol. The van der Waals surface area contributed by atoms with Crippen LogP contribution < -0.4 is 0 Å². The number of amides is 1. The topological polar surface area (TPSA) is 30.0 Å². The molecule has 2 unspecified atom stereocenters. The second-order valence-electron chi connectivity index (χ2n) is 14.1. The number of aryl methyl sites for hydroxylation is 1. The lowest BCUT2D eigenvalue weighted by molar-refractivity contribution is -0.132. The number of likely N-dealkylation sites (N-methyl/N-ethyl adjacent to an activating group) is 4. The van der Waals surface area contributed by atoms with E-state index in [1.165, 1.54) is 37.7 Å². The second-order valence-corrected chi connectivity index (χ2v) is 14.1. The summed E-state index contributed by atoms with van der Waals surface area (Å²) in [7, 11) is 8.02. The van der Waals surface area contributed by atoms with Gasteiger partial charge < -0.3 is 19.6 Å². The number of hydrogen-bond acceptors (Lipinski definition) is 4. The molecule has 0 aliphatic heterocycles. The van der Waals surface area contributed by atoms with E-state index in [1.807, 2.05) is 37.0 Å². The van der Waals surface area contributed by atoms with Gasteiger partial charge in [0.25, 0.3) is 0 Å². The van der Waals surface area contributed by atoms with Crippen molar-refractivity contribution in [3.05, 3.63) is 72.7 Å². The first-order chi connectivity index (χ1) is 20.2. The minimum absolute atomic E-state index is 0.0595. The van der Waals surface area contributed by atoms with E-state index in [0.717, 1.165) is 49.3 Å². The zero-order valence-corrected chi connectivity index (χ0v) is 28.5. The molecule has 5 nitrogen and oxygen atoms in total. The largest absolute Gasteiger partial charge is 0.375 e. The third kappa shape index (κ3) is 12.6. The molecule has 1 amide bonds. The van der Waals surface area contributed by atoms with Crippen LogP contribution in [0, 0.1) is 29.6 Å². The molecule has 1 aromatic carbocycles. The quantitative estimate of drug-likeness (QED) is 0.177. The first-order valence-corrected chi connectivity index (χ1v) is 16.1. The SMILES string of the molecule is C#CC(CN(C)C(=C)C(CC1CCCCC1)N(C)C(=O)CN(C)C(=C)CN(C)C(=C)CCc1ccccc1)CC(C)(C)C. The van der Waals surface area contributed by atoms with Gasteiger partial charge in [-0.1, -0.05) is 103 Å². The van der Waals surface area contributed by atoms with Crippen molar-refractivity contribution in [2.75, 3.05) is 47.8 Å². The van der Waals surface area contributed by atoms with Crippen LogP contribution in [0.5, 0.6) is 0 Å². The molecule has 0 radical (unpaired) electrons. The lowest BCUT2D eigenvalue weighted by atomic mass is 9.83. The predicted molar refractivity (Wildman–Crippen MR) is 184 cm³/mol. The highest BCUT2D eigenvalue weighted by Crippen LogP contribution is 2.32. The van der Waals surface area contributed by atoms with Crippen LogP contribution in [0.2, 0.25) is 0 Å². The summed E-state index contributed by atoms with van der Waals surface area (Å²) in [6, 6.07) is 10.4. The fourth-order valence-electron chi connectivity index (χ4n) is 6.10. The molecule has 1 aliphatic rings. The summed E-state index contributed by atoms with van der Waals surface area (Å²) in [6.45, 7) is 21.5. The molecule has 0 spiro atoms. The number of nitrogens with zero attached hydrogens (tertiary/aromatic N) is 4. The van der Waals surface area contributed by atoms with Gasteiger partial charge in [0.1, 0.15) is 0 Å². The summed E-state index contributed by atoms with van der Waals surface area (Å²) in [5, 5.41) is 0. The smallest absolute Gasteiger partial charge is 0.242 e. The first kappa shape index (κ1) is 36.1. The molecule has 1 aliphatic carbocycles. The van der Waals surface area contributed by atoms with E-state index < -0.39 is 0 Å². The highest BCUT2D eigenvalue weighted by molar-refractivity contribution is 5.79. The van der Waals surface area contributed by atoms with Gasteiger partial charge in [0.05, 0.1) is 19.1 Å². The molecule has 0 N–H and O–H groups in total. The van der Waals surface area contributed by atoms with Crippen LogP contribution in [0.25, 0.3) is 0 Å². The van der Waals surface area contributed by atoms with E-state index in [-0.39, 0.29) is 29.8 Å². The molecule has 0 bridgehead atoms. The Morgan fingerprint density at radius 3 is 2.12 bits per heavy atom. The van der Waals surface area contributed by atoms with E-state index in [4.69, 9.17) is 6.42 Å². The van der Waals surface area contributed by atoms with E-state index >= 15 is 0 Å². The van der Waals surface area contributed by atoms with Crippen LogP contribution in [0.4, 0.5) is 0 Å². The fourth-order valence-corrected chi connectivity index (χ4v) is 6.10. The van der Waals surface area contributed by atoms with Gasteiger partial charge in [-0.3, -0.25) is 4.79 Å². The van der Waals surface area contributed by atoms with Gasteiger partial charge in [0.15, 0.2) is 0 Å². The number of benzene rings is 1. The standard InChI is InChI=1S/C38H60N4O/c1-12-33(26-38(5,6)7)28-41(10)32(4)36(25-35-21-17-14-18-22-35)42(11)37(43)29-40(9)31(3)27-39(8)30(2)23-24-34-19-15-13-16-20-34/h1,13,15-16,19-20,33,35-36H,2-4,14,17-18,21-29H2,5-11H3. The molecule has 2 atom stereocenters. The normalized spacial score (nSPS) is 15.1. The van der Waals surface area contributed by atoms with E-state index in [1.54, 1.807) is 0 Å². The van der Waals surface area contributed by atoms with Crippen molar-refractivity contribution < 1.29 is 4.79 Å². The Morgan fingerprint density at radius 2 is 1.53 bits per heavy atom. The number of terminal acetylenes is 1. The van der Waals surface area contributed by atoms with E-state index in [0.29, 0.717) is 12.5 Å². The summed E-state index contributed by atoms with van der Waals surface area (Å²) < 4.78 is 0.